The van der Waals surface area contributed by atoms with Gasteiger partial charge < -0.3 is 4.57 Å². The van der Waals surface area contributed by atoms with Crippen molar-refractivity contribution in [1.82, 2.24) is 4.57 Å². The first kappa shape index (κ1) is 12.0. The van der Waals surface area contributed by atoms with Gasteiger partial charge in [0.2, 0.25) is 0 Å². The minimum absolute atomic E-state index is 0.0936. The van der Waals surface area contributed by atoms with Gasteiger partial charge in [-0.3, -0.25) is 4.79 Å². The largest absolute Gasteiger partial charge is 0.344 e. The van der Waals surface area contributed by atoms with E-state index in [1.54, 1.807) is 22.9 Å². The highest BCUT2D eigenvalue weighted by Crippen LogP contribution is 2.01. The number of rotatable bonds is 6. The van der Waals surface area contributed by atoms with Gasteiger partial charge in [0.15, 0.2) is 16.1 Å². The fourth-order valence-electron chi connectivity index (χ4n) is 1.39. The van der Waals surface area contributed by atoms with Crippen molar-refractivity contribution in [2.45, 2.75) is 19.9 Å². The Hall–Kier alpha value is -1.10. The molecule has 1 aromatic rings. The van der Waals surface area contributed by atoms with Crippen LogP contribution in [-0.2, 0) is 16.4 Å². The van der Waals surface area contributed by atoms with E-state index in [-0.39, 0.29) is 11.5 Å². The van der Waals surface area contributed by atoms with E-state index >= 15 is 0 Å². The topological polar surface area (TPSA) is 56.1 Å². The Kier molecular flexibility index (Phi) is 4.08. The summed E-state index contributed by atoms with van der Waals surface area (Å²) in [5, 5.41) is 0. The zero-order chi connectivity index (χ0) is 11.3. The molecule has 0 saturated heterocycles. The SMILES string of the molecule is CCCS(=O)(=O)CCn1cccc1C=O. The first-order valence-electron chi connectivity index (χ1n) is 4.90. The summed E-state index contributed by atoms with van der Waals surface area (Å²) in [5.41, 5.74) is 0.515. The average Bonchev–Trinajstić information content (AvgIpc) is 2.62. The number of nitrogens with zero attached hydrogens (tertiary/aromatic N) is 1. The van der Waals surface area contributed by atoms with Gasteiger partial charge in [-0.1, -0.05) is 6.92 Å². The number of aldehydes is 1. The van der Waals surface area contributed by atoms with E-state index in [1.165, 1.54) is 0 Å². The minimum Gasteiger partial charge on any atom is -0.344 e. The van der Waals surface area contributed by atoms with Gasteiger partial charge >= 0.3 is 0 Å². The number of sulfone groups is 1. The van der Waals surface area contributed by atoms with Crippen molar-refractivity contribution in [3.8, 4) is 0 Å². The normalized spacial score (nSPS) is 11.5. The van der Waals surface area contributed by atoms with Crippen LogP contribution in [-0.4, -0.2) is 30.8 Å². The van der Waals surface area contributed by atoms with Gasteiger partial charge in [-0.2, -0.15) is 0 Å². The zero-order valence-corrected chi connectivity index (χ0v) is 9.53. The fourth-order valence-corrected chi connectivity index (χ4v) is 2.69. The lowest BCUT2D eigenvalue weighted by Gasteiger charge is -2.05. The first-order chi connectivity index (χ1) is 7.09. The Balaban J connectivity index is 2.61. The van der Waals surface area contributed by atoms with Crippen LogP contribution in [0.4, 0.5) is 0 Å². The van der Waals surface area contributed by atoms with Crippen LogP contribution in [0.2, 0.25) is 0 Å². The highest BCUT2D eigenvalue weighted by Gasteiger charge is 2.10. The third-order valence-corrected chi connectivity index (χ3v) is 3.98. The number of carbonyl (C=O) groups is 1. The molecule has 0 aliphatic carbocycles. The molecule has 0 unspecified atom stereocenters. The van der Waals surface area contributed by atoms with Crippen molar-refractivity contribution in [1.29, 1.82) is 0 Å². The van der Waals surface area contributed by atoms with E-state index in [4.69, 9.17) is 0 Å². The average molecular weight is 229 g/mol. The Morgan fingerprint density at radius 2 is 2.13 bits per heavy atom. The molecule has 0 aliphatic heterocycles. The molecule has 5 heteroatoms. The molecule has 0 atom stereocenters. The summed E-state index contributed by atoms with van der Waals surface area (Å²) < 4.78 is 24.5. The van der Waals surface area contributed by atoms with Gasteiger partial charge in [-0.05, 0) is 18.6 Å². The fraction of sp³-hybridized carbons (Fsp3) is 0.500. The third kappa shape index (κ3) is 3.51. The molecule has 0 radical (unpaired) electrons. The molecule has 0 saturated carbocycles. The lowest BCUT2D eigenvalue weighted by Crippen LogP contribution is -2.16. The number of hydrogen-bond donors (Lipinski definition) is 0. The summed E-state index contributed by atoms with van der Waals surface area (Å²) in [5.74, 6) is 0.307. The molecule has 15 heavy (non-hydrogen) atoms. The maximum Gasteiger partial charge on any atom is 0.166 e. The van der Waals surface area contributed by atoms with E-state index in [2.05, 4.69) is 0 Å². The number of aryl methyl sites for hydroxylation is 1. The van der Waals surface area contributed by atoms with E-state index in [9.17, 15) is 13.2 Å². The first-order valence-corrected chi connectivity index (χ1v) is 6.72. The summed E-state index contributed by atoms with van der Waals surface area (Å²) in [6, 6.07) is 3.40. The van der Waals surface area contributed by atoms with Crippen LogP contribution in [0.3, 0.4) is 0 Å². The molecule has 4 nitrogen and oxygen atoms in total. The molecular formula is C10H15NO3S. The lowest BCUT2D eigenvalue weighted by molar-refractivity contribution is 0.111. The van der Waals surface area contributed by atoms with Gasteiger partial charge in [-0.15, -0.1) is 0 Å². The summed E-state index contributed by atoms with van der Waals surface area (Å²) in [4.78, 5) is 10.6. The number of aromatic nitrogens is 1. The Labute approximate surface area is 89.8 Å². The predicted molar refractivity (Wildman–Crippen MR) is 58.8 cm³/mol. The molecule has 84 valence electrons. The molecule has 0 spiro atoms. The van der Waals surface area contributed by atoms with Crippen LogP contribution < -0.4 is 0 Å². The summed E-state index contributed by atoms with van der Waals surface area (Å²) in [6.45, 7) is 2.19. The van der Waals surface area contributed by atoms with Crippen molar-refractivity contribution in [3.05, 3.63) is 24.0 Å². The summed E-state index contributed by atoms with van der Waals surface area (Å²) in [7, 11) is -2.97. The lowest BCUT2D eigenvalue weighted by atomic mass is 10.5. The quantitative estimate of drug-likeness (QED) is 0.687. The molecule has 0 N–H and O–H groups in total. The highest BCUT2D eigenvalue weighted by atomic mass is 32.2. The number of hydrogen-bond acceptors (Lipinski definition) is 3. The van der Waals surface area contributed by atoms with Gasteiger partial charge in [-0.25, -0.2) is 8.42 Å². The molecule has 0 bridgehead atoms. The van der Waals surface area contributed by atoms with Crippen LogP contribution in [0.1, 0.15) is 23.8 Å². The Morgan fingerprint density at radius 3 is 2.73 bits per heavy atom. The van der Waals surface area contributed by atoms with E-state index in [0.29, 0.717) is 18.7 Å². The second kappa shape index (κ2) is 5.11. The van der Waals surface area contributed by atoms with Crippen LogP contribution in [0.15, 0.2) is 18.3 Å². The van der Waals surface area contributed by atoms with E-state index in [0.717, 1.165) is 6.29 Å². The second-order valence-corrected chi connectivity index (χ2v) is 5.70. The van der Waals surface area contributed by atoms with Crippen LogP contribution >= 0.6 is 0 Å². The molecule has 1 heterocycles. The van der Waals surface area contributed by atoms with Crippen molar-refractivity contribution in [3.63, 3.8) is 0 Å². The van der Waals surface area contributed by atoms with Crippen LogP contribution in [0, 0.1) is 0 Å². The van der Waals surface area contributed by atoms with Crippen LogP contribution in [0.25, 0.3) is 0 Å². The molecular weight excluding hydrogens is 214 g/mol. The van der Waals surface area contributed by atoms with Gasteiger partial charge in [0.25, 0.3) is 0 Å². The smallest absolute Gasteiger partial charge is 0.166 e. The van der Waals surface area contributed by atoms with Gasteiger partial charge in [0.05, 0.1) is 11.4 Å². The molecule has 0 aromatic carbocycles. The molecule has 1 aromatic heterocycles. The van der Waals surface area contributed by atoms with Crippen LogP contribution in [0.5, 0.6) is 0 Å². The Morgan fingerprint density at radius 1 is 1.40 bits per heavy atom. The predicted octanol–water partition coefficient (Wildman–Crippen LogP) is 1.13. The highest BCUT2D eigenvalue weighted by molar-refractivity contribution is 7.91. The van der Waals surface area contributed by atoms with E-state index < -0.39 is 9.84 Å². The summed E-state index contributed by atoms with van der Waals surface area (Å²) in [6.07, 6.45) is 3.08. The van der Waals surface area contributed by atoms with Crippen molar-refractivity contribution < 1.29 is 13.2 Å². The maximum atomic E-state index is 11.4. The minimum atomic E-state index is -2.97. The number of carbonyl (C=O) groups excluding carboxylic acids is 1. The molecule has 0 amide bonds. The Bertz CT molecular complexity index is 420. The van der Waals surface area contributed by atoms with E-state index in [1.807, 2.05) is 6.92 Å². The van der Waals surface area contributed by atoms with Crippen molar-refractivity contribution >= 4 is 16.1 Å². The molecule has 0 aliphatic rings. The zero-order valence-electron chi connectivity index (χ0n) is 8.72. The standard InChI is InChI=1S/C10H15NO3S/c1-2-7-15(13,14)8-6-11-5-3-4-10(11)9-12/h3-5,9H,2,6-8H2,1H3. The molecule has 0 fully saturated rings. The van der Waals surface area contributed by atoms with Gasteiger partial charge in [0, 0.05) is 18.5 Å². The van der Waals surface area contributed by atoms with Crippen molar-refractivity contribution in [2.24, 2.45) is 0 Å². The third-order valence-electron chi connectivity index (χ3n) is 2.14. The van der Waals surface area contributed by atoms with Crippen molar-refractivity contribution in [2.75, 3.05) is 11.5 Å². The maximum absolute atomic E-state index is 11.4. The van der Waals surface area contributed by atoms with Gasteiger partial charge in [0.1, 0.15) is 0 Å². The monoisotopic (exact) mass is 229 g/mol. The molecule has 1 rings (SSSR count). The summed E-state index contributed by atoms with van der Waals surface area (Å²) >= 11 is 0. The second-order valence-electron chi connectivity index (χ2n) is 3.40.